The van der Waals surface area contributed by atoms with Crippen molar-refractivity contribution in [2.24, 2.45) is 0 Å². The summed E-state index contributed by atoms with van der Waals surface area (Å²) in [5.74, 6) is -0.304. The Labute approximate surface area is 178 Å². The van der Waals surface area contributed by atoms with E-state index in [1.54, 1.807) is 6.07 Å². The lowest BCUT2D eigenvalue weighted by Crippen LogP contribution is -2.10. The van der Waals surface area contributed by atoms with Gasteiger partial charge in [0.15, 0.2) is 5.16 Å². The lowest BCUT2D eigenvalue weighted by molar-refractivity contribution is -0.144. The molecule has 1 N–H and O–H groups in total. The van der Waals surface area contributed by atoms with Crippen LogP contribution < -0.4 is 5.63 Å². The molecule has 0 spiro atoms. The van der Waals surface area contributed by atoms with Crippen LogP contribution in [-0.2, 0) is 29.0 Å². The van der Waals surface area contributed by atoms with Crippen molar-refractivity contribution >= 4 is 28.7 Å². The standard InChI is InChI=1S/C22H24N2O5S/c1-5-14-8-17-15(9-21(27)29-19(17)10-18(14)25)11-28-20(26)7-6-16-12(2)23-22(30-4)24-13(16)3/h8-10,25H,5-7,11H2,1-4H3. The predicted octanol–water partition coefficient (Wildman–Crippen LogP) is 3.87. The van der Waals surface area contributed by atoms with Gasteiger partial charge in [0.2, 0.25) is 0 Å². The van der Waals surface area contributed by atoms with Crippen LogP contribution in [0.2, 0.25) is 0 Å². The number of carbonyl (C=O) groups is 1. The van der Waals surface area contributed by atoms with Crippen molar-refractivity contribution < 1.29 is 19.1 Å². The van der Waals surface area contributed by atoms with E-state index in [2.05, 4.69) is 9.97 Å². The van der Waals surface area contributed by atoms with Crippen LogP contribution in [0.15, 0.2) is 32.6 Å². The molecule has 3 aromatic rings. The van der Waals surface area contributed by atoms with Crippen LogP contribution >= 0.6 is 11.8 Å². The van der Waals surface area contributed by atoms with Gasteiger partial charge in [0.25, 0.3) is 0 Å². The summed E-state index contributed by atoms with van der Waals surface area (Å²) in [6.45, 7) is 5.68. The second kappa shape index (κ2) is 9.30. The Kier molecular flexibility index (Phi) is 6.77. The number of hydrogen-bond acceptors (Lipinski definition) is 8. The third-order valence-electron chi connectivity index (χ3n) is 4.96. The Morgan fingerprint density at radius 1 is 1.17 bits per heavy atom. The van der Waals surface area contributed by atoms with E-state index in [0.29, 0.717) is 28.9 Å². The summed E-state index contributed by atoms with van der Waals surface area (Å²) in [7, 11) is 0. The number of esters is 1. The molecule has 0 bridgehead atoms. The second-order valence-corrected chi connectivity index (χ2v) is 7.72. The number of benzene rings is 1. The van der Waals surface area contributed by atoms with Gasteiger partial charge in [-0.15, -0.1) is 0 Å². The molecule has 0 aliphatic rings. The molecule has 3 rings (SSSR count). The highest BCUT2D eigenvalue weighted by atomic mass is 32.2. The van der Waals surface area contributed by atoms with Gasteiger partial charge in [-0.1, -0.05) is 18.7 Å². The summed E-state index contributed by atoms with van der Waals surface area (Å²) in [6, 6.07) is 4.49. The molecule has 8 heteroatoms. The number of phenolic OH excluding ortho intramolecular Hbond substituents is 1. The third-order valence-corrected chi connectivity index (χ3v) is 5.51. The Balaban J connectivity index is 1.72. The Morgan fingerprint density at radius 2 is 1.87 bits per heavy atom. The first kappa shape index (κ1) is 21.8. The van der Waals surface area contributed by atoms with Gasteiger partial charge in [-0.3, -0.25) is 4.79 Å². The predicted molar refractivity (Wildman–Crippen MR) is 115 cm³/mol. The number of rotatable bonds is 7. The van der Waals surface area contributed by atoms with Crippen molar-refractivity contribution in [3.05, 3.63) is 56.7 Å². The highest BCUT2D eigenvalue weighted by Crippen LogP contribution is 2.27. The minimum absolute atomic E-state index is 0.0469. The number of carbonyl (C=O) groups excluding carboxylic acids is 1. The number of aromatic hydroxyl groups is 1. The fourth-order valence-corrected chi connectivity index (χ4v) is 3.79. The van der Waals surface area contributed by atoms with Gasteiger partial charge in [-0.2, -0.15) is 0 Å². The zero-order valence-electron chi connectivity index (χ0n) is 17.4. The molecule has 7 nitrogen and oxygen atoms in total. The van der Waals surface area contributed by atoms with Crippen molar-refractivity contribution in [1.29, 1.82) is 0 Å². The van der Waals surface area contributed by atoms with E-state index in [0.717, 1.165) is 22.5 Å². The maximum absolute atomic E-state index is 12.3. The van der Waals surface area contributed by atoms with E-state index in [-0.39, 0.29) is 30.3 Å². The first-order valence-electron chi connectivity index (χ1n) is 9.64. The van der Waals surface area contributed by atoms with E-state index in [1.165, 1.54) is 23.9 Å². The second-order valence-electron chi connectivity index (χ2n) is 6.94. The van der Waals surface area contributed by atoms with Crippen molar-refractivity contribution in [1.82, 2.24) is 9.97 Å². The number of ether oxygens (including phenoxy) is 1. The smallest absolute Gasteiger partial charge is 0.336 e. The van der Waals surface area contributed by atoms with E-state index < -0.39 is 5.63 Å². The highest BCUT2D eigenvalue weighted by Gasteiger charge is 2.14. The lowest BCUT2D eigenvalue weighted by Gasteiger charge is -2.11. The van der Waals surface area contributed by atoms with Crippen LogP contribution in [0.4, 0.5) is 0 Å². The van der Waals surface area contributed by atoms with Crippen LogP contribution in [0.5, 0.6) is 5.75 Å². The summed E-state index contributed by atoms with van der Waals surface area (Å²) in [6.07, 6.45) is 3.21. The molecule has 0 atom stereocenters. The molecule has 0 saturated heterocycles. The molecule has 30 heavy (non-hydrogen) atoms. The van der Waals surface area contributed by atoms with Crippen molar-refractivity contribution in [2.45, 2.75) is 51.8 Å². The minimum atomic E-state index is -0.561. The molecule has 2 heterocycles. The number of nitrogens with zero attached hydrogens (tertiary/aromatic N) is 2. The molecule has 0 fully saturated rings. The molecule has 0 aliphatic heterocycles. The van der Waals surface area contributed by atoms with Crippen LogP contribution in [0.25, 0.3) is 11.0 Å². The van der Waals surface area contributed by atoms with E-state index in [9.17, 15) is 14.7 Å². The number of aryl methyl sites for hydroxylation is 3. The van der Waals surface area contributed by atoms with Gasteiger partial charge in [0.1, 0.15) is 17.9 Å². The first-order chi connectivity index (χ1) is 14.3. The largest absolute Gasteiger partial charge is 0.508 e. The summed E-state index contributed by atoms with van der Waals surface area (Å²) in [4.78, 5) is 33.0. The monoisotopic (exact) mass is 428 g/mol. The number of aromatic nitrogens is 2. The zero-order chi connectivity index (χ0) is 21.8. The Bertz CT molecular complexity index is 1130. The topological polar surface area (TPSA) is 103 Å². The maximum Gasteiger partial charge on any atom is 0.336 e. The van der Waals surface area contributed by atoms with Gasteiger partial charge in [0.05, 0.1) is 0 Å². The lowest BCUT2D eigenvalue weighted by atomic mass is 10.0. The molecule has 0 radical (unpaired) electrons. The summed E-state index contributed by atoms with van der Waals surface area (Å²) in [5, 5.41) is 11.4. The normalized spacial score (nSPS) is 11.1. The minimum Gasteiger partial charge on any atom is -0.508 e. The van der Waals surface area contributed by atoms with E-state index in [1.807, 2.05) is 27.0 Å². The summed E-state index contributed by atoms with van der Waals surface area (Å²) < 4.78 is 10.6. The Morgan fingerprint density at radius 3 is 2.50 bits per heavy atom. The van der Waals surface area contributed by atoms with Crippen LogP contribution in [0.3, 0.4) is 0 Å². The molecule has 0 aliphatic carbocycles. The molecule has 2 aromatic heterocycles. The zero-order valence-corrected chi connectivity index (χ0v) is 18.3. The number of thioether (sulfide) groups is 1. The van der Waals surface area contributed by atoms with Gasteiger partial charge in [0, 0.05) is 40.9 Å². The average Bonchev–Trinajstić information content (AvgIpc) is 2.70. The van der Waals surface area contributed by atoms with E-state index >= 15 is 0 Å². The number of fused-ring (bicyclic) bond motifs is 1. The van der Waals surface area contributed by atoms with Crippen LogP contribution in [0, 0.1) is 13.8 Å². The molecular formula is C22H24N2O5S. The summed E-state index contributed by atoms with van der Waals surface area (Å²) >= 11 is 1.48. The molecular weight excluding hydrogens is 404 g/mol. The number of phenols is 1. The van der Waals surface area contributed by atoms with Gasteiger partial charge in [-0.05, 0) is 50.1 Å². The van der Waals surface area contributed by atoms with Crippen molar-refractivity contribution in [2.75, 3.05) is 6.26 Å². The van der Waals surface area contributed by atoms with Gasteiger partial charge in [-0.25, -0.2) is 14.8 Å². The van der Waals surface area contributed by atoms with Crippen molar-refractivity contribution in [3.8, 4) is 5.75 Å². The van der Waals surface area contributed by atoms with Gasteiger partial charge < -0.3 is 14.3 Å². The van der Waals surface area contributed by atoms with Crippen molar-refractivity contribution in [3.63, 3.8) is 0 Å². The quantitative estimate of drug-likeness (QED) is 0.262. The fraction of sp³-hybridized carbons (Fsp3) is 0.364. The Hall–Kier alpha value is -2.87. The molecule has 0 saturated carbocycles. The SMILES string of the molecule is CCc1cc2c(COC(=O)CCc3c(C)nc(SC)nc3C)cc(=O)oc2cc1O. The first-order valence-corrected chi connectivity index (χ1v) is 10.9. The molecule has 158 valence electrons. The molecule has 0 amide bonds. The maximum atomic E-state index is 12.3. The van der Waals surface area contributed by atoms with Gasteiger partial charge >= 0.3 is 11.6 Å². The van der Waals surface area contributed by atoms with E-state index in [4.69, 9.17) is 9.15 Å². The van der Waals surface area contributed by atoms with Crippen LogP contribution in [0.1, 0.15) is 41.4 Å². The fourth-order valence-electron chi connectivity index (χ4n) is 3.33. The number of hydrogen-bond donors (Lipinski definition) is 1. The van der Waals surface area contributed by atoms with Crippen LogP contribution in [-0.4, -0.2) is 27.3 Å². The third kappa shape index (κ3) is 4.81. The summed E-state index contributed by atoms with van der Waals surface area (Å²) in [5.41, 5.74) is 3.64. The molecule has 0 unspecified atom stereocenters. The molecule has 1 aromatic carbocycles. The highest BCUT2D eigenvalue weighted by molar-refractivity contribution is 7.98. The average molecular weight is 429 g/mol.